The fraction of sp³-hybridized carbons (Fsp3) is 0.133. The summed E-state index contributed by atoms with van der Waals surface area (Å²) in [7, 11) is 2.65. The maximum atomic E-state index is 13.9. The number of ether oxygens (including phenoxy) is 2. The lowest BCUT2D eigenvalue weighted by atomic mass is 10.0. The van der Waals surface area contributed by atoms with Gasteiger partial charge in [0.25, 0.3) is 0 Å². The molecule has 0 bridgehead atoms. The summed E-state index contributed by atoms with van der Waals surface area (Å²) in [5.41, 5.74) is -0.656. The Hall–Kier alpha value is -2.50. The first-order valence-corrected chi connectivity index (χ1v) is 5.88. The average molecular weight is 296 g/mol. The minimum absolute atomic E-state index is 0.108. The van der Waals surface area contributed by atoms with Gasteiger partial charge in [0.2, 0.25) is 0 Å². The predicted octanol–water partition coefficient (Wildman–Crippen LogP) is 3.35. The molecular formula is C15H11F3O3. The Morgan fingerprint density at radius 2 is 1.38 bits per heavy atom. The van der Waals surface area contributed by atoms with Crippen LogP contribution in [0.1, 0.15) is 15.9 Å². The van der Waals surface area contributed by atoms with E-state index in [-0.39, 0.29) is 22.6 Å². The first kappa shape index (κ1) is 14.9. The molecule has 0 aromatic heterocycles. The van der Waals surface area contributed by atoms with Crippen LogP contribution in [0, 0.1) is 17.5 Å². The molecule has 2 aromatic rings. The van der Waals surface area contributed by atoms with E-state index in [1.54, 1.807) is 0 Å². The van der Waals surface area contributed by atoms with Gasteiger partial charge in [-0.05, 0) is 18.2 Å². The summed E-state index contributed by atoms with van der Waals surface area (Å²) in [5.74, 6) is -3.32. The molecule has 110 valence electrons. The minimum atomic E-state index is -0.917. The molecule has 0 aliphatic heterocycles. The van der Waals surface area contributed by atoms with Gasteiger partial charge in [0.1, 0.15) is 17.5 Å². The summed E-state index contributed by atoms with van der Waals surface area (Å²) in [5, 5.41) is 0. The zero-order valence-corrected chi connectivity index (χ0v) is 11.2. The molecule has 0 radical (unpaired) electrons. The summed E-state index contributed by atoms with van der Waals surface area (Å²) < 4.78 is 50.1. The molecular weight excluding hydrogens is 285 g/mol. The molecule has 0 heterocycles. The Labute approximate surface area is 118 Å². The van der Waals surface area contributed by atoms with Gasteiger partial charge >= 0.3 is 0 Å². The molecule has 0 atom stereocenters. The Bertz CT molecular complexity index is 679. The van der Waals surface area contributed by atoms with Crippen molar-refractivity contribution in [3.05, 3.63) is 58.9 Å². The maximum Gasteiger partial charge on any atom is 0.196 e. The molecule has 0 saturated carbocycles. The van der Waals surface area contributed by atoms with Crippen molar-refractivity contribution in [2.24, 2.45) is 0 Å². The molecule has 6 heteroatoms. The molecule has 0 spiro atoms. The third kappa shape index (κ3) is 2.99. The lowest BCUT2D eigenvalue weighted by Gasteiger charge is -2.10. The number of methoxy groups -OCH3 is 2. The standard InChI is InChI=1S/C15H11F3O3/c1-20-13-6-11(12(18)7-14(13)21-2)15(19)8-3-9(16)5-10(17)4-8/h3-7H,1-2H3. The molecule has 0 aliphatic carbocycles. The van der Waals surface area contributed by atoms with Crippen LogP contribution in [-0.2, 0) is 0 Å². The van der Waals surface area contributed by atoms with Crippen LogP contribution in [0.15, 0.2) is 30.3 Å². The summed E-state index contributed by atoms with van der Waals surface area (Å²) in [6.45, 7) is 0. The van der Waals surface area contributed by atoms with E-state index < -0.39 is 23.2 Å². The molecule has 0 saturated heterocycles. The highest BCUT2D eigenvalue weighted by molar-refractivity contribution is 6.09. The molecule has 21 heavy (non-hydrogen) atoms. The van der Waals surface area contributed by atoms with Crippen LogP contribution < -0.4 is 9.47 Å². The fourth-order valence-electron chi connectivity index (χ4n) is 1.87. The van der Waals surface area contributed by atoms with E-state index in [0.717, 1.165) is 24.3 Å². The lowest BCUT2D eigenvalue weighted by Crippen LogP contribution is -2.07. The second-order valence-corrected chi connectivity index (χ2v) is 4.17. The molecule has 2 aromatic carbocycles. The first-order chi connectivity index (χ1) is 9.96. The molecule has 3 nitrogen and oxygen atoms in total. The maximum absolute atomic E-state index is 13.9. The minimum Gasteiger partial charge on any atom is -0.493 e. The third-order valence-corrected chi connectivity index (χ3v) is 2.84. The monoisotopic (exact) mass is 296 g/mol. The predicted molar refractivity (Wildman–Crippen MR) is 69.3 cm³/mol. The van der Waals surface area contributed by atoms with Crippen molar-refractivity contribution < 1.29 is 27.4 Å². The Morgan fingerprint density at radius 3 is 1.90 bits per heavy atom. The van der Waals surface area contributed by atoms with Crippen LogP contribution in [0.3, 0.4) is 0 Å². The quantitative estimate of drug-likeness (QED) is 0.812. The van der Waals surface area contributed by atoms with Gasteiger partial charge in [-0.3, -0.25) is 4.79 Å². The van der Waals surface area contributed by atoms with E-state index in [0.29, 0.717) is 6.07 Å². The van der Waals surface area contributed by atoms with Crippen LogP contribution in [0.4, 0.5) is 13.2 Å². The number of carbonyl (C=O) groups is 1. The van der Waals surface area contributed by atoms with Crippen LogP contribution in [0.25, 0.3) is 0 Å². The number of benzene rings is 2. The van der Waals surface area contributed by atoms with E-state index in [4.69, 9.17) is 9.47 Å². The Balaban J connectivity index is 2.52. The van der Waals surface area contributed by atoms with Gasteiger partial charge in [0.05, 0.1) is 19.8 Å². The lowest BCUT2D eigenvalue weighted by molar-refractivity contribution is 0.103. The average Bonchev–Trinajstić information content (AvgIpc) is 2.45. The van der Waals surface area contributed by atoms with E-state index in [2.05, 4.69) is 0 Å². The number of carbonyl (C=O) groups excluding carboxylic acids is 1. The fourth-order valence-corrected chi connectivity index (χ4v) is 1.87. The van der Waals surface area contributed by atoms with Crippen molar-refractivity contribution >= 4 is 5.78 Å². The van der Waals surface area contributed by atoms with E-state index in [1.807, 2.05) is 0 Å². The molecule has 0 unspecified atom stereocenters. The molecule has 0 aliphatic rings. The van der Waals surface area contributed by atoms with Gasteiger partial charge in [0.15, 0.2) is 17.3 Å². The van der Waals surface area contributed by atoms with Gasteiger partial charge in [-0.25, -0.2) is 13.2 Å². The highest BCUT2D eigenvalue weighted by atomic mass is 19.1. The number of rotatable bonds is 4. The summed E-state index contributed by atoms with van der Waals surface area (Å²) in [6, 6.07) is 4.39. The van der Waals surface area contributed by atoms with E-state index in [1.165, 1.54) is 14.2 Å². The van der Waals surface area contributed by atoms with E-state index >= 15 is 0 Å². The summed E-state index contributed by atoms with van der Waals surface area (Å²) >= 11 is 0. The summed E-state index contributed by atoms with van der Waals surface area (Å²) in [6.07, 6.45) is 0. The van der Waals surface area contributed by atoms with Gasteiger partial charge < -0.3 is 9.47 Å². The van der Waals surface area contributed by atoms with Crippen molar-refractivity contribution in [2.45, 2.75) is 0 Å². The van der Waals surface area contributed by atoms with Crippen molar-refractivity contribution in [3.8, 4) is 11.5 Å². The van der Waals surface area contributed by atoms with Crippen LogP contribution in [-0.4, -0.2) is 20.0 Å². The van der Waals surface area contributed by atoms with Crippen molar-refractivity contribution in [3.63, 3.8) is 0 Å². The summed E-state index contributed by atoms with van der Waals surface area (Å²) in [4.78, 5) is 12.2. The molecule has 0 fully saturated rings. The largest absolute Gasteiger partial charge is 0.493 e. The zero-order valence-electron chi connectivity index (χ0n) is 11.2. The Morgan fingerprint density at radius 1 is 0.857 bits per heavy atom. The zero-order chi connectivity index (χ0) is 15.6. The second kappa shape index (κ2) is 5.87. The highest BCUT2D eigenvalue weighted by Crippen LogP contribution is 2.31. The third-order valence-electron chi connectivity index (χ3n) is 2.84. The van der Waals surface area contributed by atoms with Crippen molar-refractivity contribution in [1.29, 1.82) is 0 Å². The number of hydrogen-bond acceptors (Lipinski definition) is 3. The van der Waals surface area contributed by atoms with Gasteiger partial charge in [-0.15, -0.1) is 0 Å². The van der Waals surface area contributed by atoms with Gasteiger partial charge in [0, 0.05) is 17.7 Å². The first-order valence-electron chi connectivity index (χ1n) is 5.88. The highest BCUT2D eigenvalue weighted by Gasteiger charge is 2.19. The molecule has 0 N–H and O–H groups in total. The normalized spacial score (nSPS) is 10.3. The second-order valence-electron chi connectivity index (χ2n) is 4.17. The smallest absolute Gasteiger partial charge is 0.196 e. The topological polar surface area (TPSA) is 35.5 Å². The molecule has 2 rings (SSSR count). The number of ketones is 1. The number of halogens is 3. The van der Waals surface area contributed by atoms with Crippen molar-refractivity contribution in [2.75, 3.05) is 14.2 Å². The van der Waals surface area contributed by atoms with Crippen LogP contribution in [0.2, 0.25) is 0 Å². The van der Waals surface area contributed by atoms with Crippen LogP contribution in [0.5, 0.6) is 11.5 Å². The van der Waals surface area contributed by atoms with Gasteiger partial charge in [-0.2, -0.15) is 0 Å². The van der Waals surface area contributed by atoms with Gasteiger partial charge in [-0.1, -0.05) is 0 Å². The van der Waals surface area contributed by atoms with Crippen molar-refractivity contribution in [1.82, 2.24) is 0 Å². The van der Waals surface area contributed by atoms with E-state index in [9.17, 15) is 18.0 Å². The SMILES string of the molecule is COc1cc(F)c(C(=O)c2cc(F)cc(F)c2)cc1OC. The van der Waals surface area contributed by atoms with Crippen LogP contribution >= 0.6 is 0 Å². The number of hydrogen-bond donors (Lipinski definition) is 0. The Kier molecular flexibility index (Phi) is 4.16. The molecule has 0 amide bonds.